The van der Waals surface area contributed by atoms with E-state index in [0.717, 1.165) is 25.7 Å². The first-order valence-corrected chi connectivity index (χ1v) is 10.5. The summed E-state index contributed by atoms with van der Waals surface area (Å²) in [6, 6.07) is 7.45. The van der Waals surface area contributed by atoms with E-state index in [1.807, 2.05) is 60.6 Å². The molecule has 0 bridgehead atoms. The molecule has 0 fully saturated rings. The van der Waals surface area contributed by atoms with E-state index in [9.17, 15) is 9.90 Å². The Balaban J connectivity index is 2.65. The van der Waals surface area contributed by atoms with E-state index >= 15 is 0 Å². The van der Waals surface area contributed by atoms with Crippen molar-refractivity contribution in [2.75, 3.05) is 0 Å². The van der Waals surface area contributed by atoms with Crippen LogP contribution in [0.4, 0.5) is 0 Å². The average Bonchev–Trinajstić information content (AvgIpc) is 2.58. The molecule has 4 nitrogen and oxygen atoms in total. The highest BCUT2D eigenvalue weighted by molar-refractivity contribution is 5.76. The molecule has 0 aliphatic carbocycles. The Morgan fingerprint density at radius 3 is 2.11 bits per heavy atom. The third-order valence-electron chi connectivity index (χ3n) is 5.08. The lowest BCUT2D eigenvalue weighted by Gasteiger charge is -2.34. The molecule has 2 unspecified atom stereocenters. The highest BCUT2D eigenvalue weighted by Gasteiger charge is 2.36. The van der Waals surface area contributed by atoms with Gasteiger partial charge < -0.3 is 14.6 Å². The number of carbonyl (C=O) groups excluding carboxylic acids is 1. The molecule has 0 saturated carbocycles. The minimum atomic E-state index is -0.558. The second kappa shape index (κ2) is 10.3. The molecule has 28 heavy (non-hydrogen) atoms. The van der Waals surface area contributed by atoms with Gasteiger partial charge in [0.05, 0.1) is 11.5 Å². The second-order valence-electron chi connectivity index (χ2n) is 9.76. The molecule has 4 heteroatoms. The van der Waals surface area contributed by atoms with Gasteiger partial charge in [-0.1, -0.05) is 46.2 Å². The molecule has 0 aromatic heterocycles. The molecule has 1 N–H and O–H groups in total. The second-order valence-corrected chi connectivity index (χ2v) is 9.76. The smallest absolute Gasteiger partial charge is 0.313 e. The van der Waals surface area contributed by atoms with Crippen molar-refractivity contribution in [3.63, 3.8) is 0 Å². The molecule has 2 atom stereocenters. The van der Waals surface area contributed by atoms with E-state index in [-0.39, 0.29) is 17.5 Å². The van der Waals surface area contributed by atoms with E-state index in [1.54, 1.807) is 12.1 Å². The normalized spacial score (nSPS) is 14.8. The fourth-order valence-corrected chi connectivity index (χ4v) is 3.16. The maximum absolute atomic E-state index is 12.8. The van der Waals surface area contributed by atoms with Crippen LogP contribution in [0, 0.1) is 10.8 Å². The maximum atomic E-state index is 12.8. The first-order valence-electron chi connectivity index (χ1n) is 10.5. The van der Waals surface area contributed by atoms with Crippen LogP contribution in [0.15, 0.2) is 24.3 Å². The van der Waals surface area contributed by atoms with Gasteiger partial charge in [0.2, 0.25) is 6.29 Å². The third kappa shape index (κ3) is 7.83. The first kappa shape index (κ1) is 24.5. The number of hydrogen-bond donors (Lipinski definition) is 1. The van der Waals surface area contributed by atoms with Gasteiger partial charge in [-0.2, -0.15) is 0 Å². The maximum Gasteiger partial charge on any atom is 0.313 e. The summed E-state index contributed by atoms with van der Waals surface area (Å²) in [7, 11) is 0. The van der Waals surface area contributed by atoms with Crippen LogP contribution in [-0.4, -0.2) is 23.5 Å². The number of carbonyl (C=O) groups is 1. The van der Waals surface area contributed by atoms with E-state index in [1.165, 1.54) is 5.56 Å². The number of aromatic hydroxyl groups is 1. The number of benzene rings is 1. The van der Waals surface area contributed by atoms with Crippen LogP contribution in [0.5, 0.6) is 5.75 Å². The molecule has 1 aromatic rings. The van der Waals surface area contributed by atoms with Crippen molar-refractivity contribution >= 4 is 5.97 Å². The standard InChI is InChI=1S/C24H40O4/c1-9-18(19-12-14-20(25)15-13-19)11-10-16-24(7,8)21(26)28-22(23(4,5)6)27-17(2)3/h12-15,17-18,22,25H,9-11,16H2,1-8H3. The molecule has 0 amide bonds. The lowest BCUT2D eigenvalue weighted by Crippen LogP contribution is -2.40. The Kier molecular flexibility index (Phi) is 9.00. The molecule has 1 aromatic carbocycles. The van der Waals surface area contributed by atoms with Crippen LogP contribution < -0.4 is 0 Å². The Labute approximate surface area is 171 Å². The number of phenols is 1. The van der Waals surface area contributed by atoms with Gasteiger partial charge in [0.1, 0.15) is 5.75 Å². The Bertz CT molecular complexity index is 596. The van der Waals surface area contributed by atoms with Gasteiger partial charge in [-0.3, -0.25) is 4.79 Å². The fraction of sp³-hybridized carbons (Fsp3) is 0.708. The zero-order chi connectivity index (χ0) is 21.5. The van der Waals surface area contributed by atoms with E-state index in [0.29, 0.717) is 11.7 Å². The Hall–Kier alpha value is -1.55. The molecule has 0 aliphatic rings. The molecule has 0 saturated heterocycles. The van der Waals surface area contributed by atoms with Gasteiger partial charge >= 0.3 is 5.97 Å². The summed E-state index contributed by atoms with van der Waals surface area (Å²) >= 11 is 0. The molecule has 0 radical (unpaired) electrons. The van der Waals surface area contributed by atoms with Crippen molar-refractivity contribution in [3.05, 3.63) is 29.8 Å². The average molecular weight is 393 g/mol. The minimum Gasteiger partial charge on any atom is -0.508 e. The van der Waals surface area contributed by atoms with Crippen molar-refractivity contribution in [3.8, 4) is 5.75 Å². The summed E-state index contributed by atoms with van der Waals surface area (Å²) in [5.74, 6) is 0.518. The molecule has 160 valence electrons. The molecule has 0 aliphatic heterocycles. The van der Waals surface area contributed by atoms with Crippen LogP contribution in [0.25, 0.3) is 0 Å². The van der Waals surface area contributed by atoms with Crippen LogP contribution in [0.2, 0.25) is 0 Å². The lowest BCUT2D eigenvalue weighted by molar-refractivity contribution is -0.221. The monoisotopic (exact) mass is 392 g/mol. The largest absolute Gasteiger partial charge is 0.508 e. The zero-order valence-electron chi connectivity index (χ0n) is 19.0. The molecule has 1 rings (SSSR count). The summed E-state index contributed by atoms with van der Waals surface area (Å²) in [5, 5.41) is 9.48. The number of rotatable bonds is 10. The summed E-state index contributed by atoms with van der Waals surface area (Å²) in [5.41, 5.74) is 0.401. The van der Waals surface area contributed by atoms with E-state index in [4.69, 9.17) is 9.47 Å². The highest BCUT2D eigenvalue weighted by atomic mass is 16.7. The van der Waals surface area contributed by atoms with Gasteiger partial charge in [0.25, 0.3) is 0 Å². The van der Waals surface area contributed by atoms with Gasteiger partial charge in [0, 0.05) is 5.41 Å². The van der Waals surface area contributed by atoms with Crippen molar-refractivity contribution in [1.82, 2.24) is 0 Å². The Morgan fingerprint density at radius 1 is 1.07 bits per heavy atom. The van der Waals surface area contributed by atoms with Crippen LogP contribution in [0.1, 0.15) is 92.6 Å². The van der Waals surface area contributed by atoms with Crippen molar-refractivity contribution < 1.29 is 19.4 Å². The number of ether oxygens (including phenoxy) is 2. The summed E-state index contributed by atoms with van der Waals surface area (Å²) < 4.78 is 11.6. The quantitative estimate of drug-likeness (QED) is 0.368. The summed E-state index contributed by atoms with van der Waals surface area (Å²) in [6.45, 7) is 16.0. The van der Waals surface area contributed by atoms with Crippen molar-refractivity contribution in [2.24, 2.45) is 10.8 Å². The highest BCUT2D eigenvalue weighted by Crippen LogP contribution is 2.33. The lowest BCUT2D eigenvalue weighted by atomic mass is 9.83. The van der Waals surface area contributed by atoms with Gasteiger partial charge in [0.15, 0.2) is 0 Å². The number of esters is 1. The topological polar surface area (TPSA) is 55.8 Å². The SMILES string of the molecule is CCC(CCCC(C)(C)C(=O)OC(OC(C)C)C(C)(C)C)c1ccc(O)cc1. The van der Waals surface area contributed by atoms with E-state index < -0.39 is 11.7 Å². The summed E-state index contributed by atoms with van der Waals surface area (Å²) in [4.78, 5) is 12.8. The third-order valence-corrected chi connectivity index (χ3v) is 5.08. The predicted molar refractivity (Wildman–Crippen MR) is 114 cm³/mol. The van der Waals surface area contributed by atoms with Gasteiger partial charge in [-0.05, 0) is 70.6 Å². The van der Waals surface area contributed by atoms with Gasteiger partial charge in [-0.15, -0.1) is 0 Å². The fourth-order valence-electron chi connectivity index (χ4n) is 3.16. The van der Waals surface area contributed by atoms with Crippen molar-refractivity contribution in [2.45, 2.75) is 99.4 Å². The first-order chi connectivity index (χ1) is 12.9. The van der Waals surface area contributed by atoms with Crippen LogP contribution in [0.3, 0.4) is 0 Å². The molecular weight excluding hydrogens is 352 g/mol. The van der Waals surface area contributed by atoms with Gasteiger partial charge in [-0.25, -0.2) is 0 Å². The predicted octanol–water partition coefficient (Wildman–Crippen LogP) is 6.42. The van der Waals surface area contributed by atoms with Crippen LogP contribution in [-0.2, 0) is 14.3 Å². The summed E-state index contributed by atoms with van der Waals surface area (Å²) in [6.07, 6.45) is 3.18. The molecule has 0 heterocycles. The minimum absolute atomic E-state index is 0.00393. The Morgan fingerprint density at radius 2 is 1.64 bits per heavy atom. The van der Waals surface area contributed by atoms with Crippen molar-refractivity contribution in [1.29, 1.82) is 0 Å². The van der Waals surface area contributed by atoms with Crippen LogP contribution >= 0.6 is 0 Å². The molecular formula is C24H40O4. The number of hydrogen-bond acceptors (Lipinski definition) is 4. The van der Waals surface area contributed by atoms with E-state index in [2.05, 4.69) is 6.92 Å². The number of phenolic OH excluding ortho intramolecular Hbond substituents is 1. The molecule has 0 spiro atoms. The zero-order valence-corrected chi connectivity index (χ0v) is 19.0.